The molecule has 1 rings (SSSR count). The van der Waals surface area contributed by atoms with E-state index in [1.54, 1.807) is 11.3 Å². The fourth-order valence-corrected chi connectivity index (χ4v) is 2.17. The van der Waals surface area contributed by atoms with E-state index in [0.29, 0.717) is 0 Å². The molecule has 0 saturated carbocycles. The van der Waals surface area contributed by atoms with E-state index in [1.165, 1.54) is 10.4 Å². The van der Waals surface area contributed by atoms with Crippen LogP contribution < -0.4 is 0 Å². The largest absolute Gasteiger partial charge is 0.297 e. The number of rotatable bonds is 3. The number of hydrogen-bond donors (Lipinski definition) is 0. The fraction of sp³-hybridized carbons (Fsp3) is 0.444. The van der Waals surface area contributed by atoms with Crippen molar-refractivity contribution in [2.45, 2.75) is 26.7 Å². The summed E-state index contributed by atoms with van der Waals surface area (Å²) >= 11 is 1.62. The molecule has 0 fully saturated rings. The SMILES string of the molecule is CCCc1sc(C=O)cc1C. The molecule has 0 aliphatic carbocycles. The first-order valence-electron chi connectivity index (χ1n) is 3.82. The van der Waals surface area contributed by atoms with Crippen molar-refractivity contribution in [2.75, 3.05) is 0 Å². The topological polar surface area (TPSA) is 17.1 Å². The van der Waals surface area contributed by atoms with E-state index in [0.717, 1.165) is 24.0 Å². The van der Waals surface area contributed by atoms with Gasteiger partial charge in [0.2, 0.25) is 0 Å². The van der Waals surface area contributed by atoms with Crippen molar-refractivity contribution in [1.29, 1.82) is 0 Å². The van der Waals surface area contributed by atoms with Crippen molar-refractivity contribution in [1.82, 2.24) is 0 Å². The van der Waals surface area contributed by atoms with Crippen molar-refractivity contribution in [2.24, 2.45) is 0 Å². The molecule has 0 aliphatic heterocycles. The Morgan fingerprint density at radius 3 is 2.82 bits per heavy atom. The summed E-state index contributed by atoms with van der Waals surface area (Å²) in [4.78, 5) is 12.6. The van der Waals surface area contributed by atoms with Gasteiger partial charge in [0, 0.05) is 4.88 Å². The van der Waals surface area contributed by atoms with E-state index >= 15 is 0 Å². The lowest BCUT2D eigenvalue weighted by Gasteiger charge is -1.92. The van der Waals surface area contributed by atoms with Gasteiger partial charge < -0.3 is 0 Å². The molecule has 0 amide bonds. The van der Waals surface area contributed by atoms with Crippen molar-refractivity contribution >= 4 is 17.6 Å². The van der Waals surface area contributed by atoms with Crippen LogP contribution in [0.3, 0.4) is 0 Å². The molecular weight excluding hydrogens is 156 g/mol. The average molecular weight is 168 g/mol. The lowest BCUT2D eigenvalue weighted by atomic mass is 10.2. The number of aldehydes is 1. The molecule has 0 N–H and O–H groups in total. The Bertz CT molecular complexity index is 250. The van der Waals surface area contributed by atoms with Crippen LogP contribution in [0.15, 0.2) is 6.07 Å². The van der Waals surface area contributed by atoms with Crippen LogP contribution in [0, 0.1) is 6.92 Å². The molecule has 0 atom stereocenters. The highest BCUT2D eigenvalue weighted by molar-refractivity contribution is 7.13. The van der Waals surface area contributed by atoms with Gasteiger partial charge >= 0.3 is 0 Å². The van der Waals surface area contributed by atoms with Gasteiger partial charge in [-0.2, -0.15) is 0 Å². The summed E-state index contributed by atoms with van der Waals surface area (Å²) in [6, 6.07) is 1.96. The molecule has 0 bridgehead atoms. The number of carbonyl (C=O) groups is 1. The fourth-order valence-electron chi connectivity index (χ4n) is 1.08. The average Bonchev–Trinajstić information content (AvgIpc) is 2.33. The van der Waals surface area contributed by atoms with Gasteiger partial charge in [0.15, 0.2) is 6.29 Å². The molecule has 0 aliphatic rings. The van der Waals surface area contributed by atoms with Crippen LogP contribution in [-0.2, 0) is 6.42 Å². The highest BCUT2D eigenvalue weighted by Gasteiger charge is 2.02. The first-order chi connectivity index (χ1) is 5.27. The zero-order valence-electron chi connectivity index (χ0n) is 6.89. The zero-order valence-corrected chi connectivity index (χ0v) is 7.70. The van der Waals surface area contributed by atoms with Crippen molar-refractivity contribution in [3.8, 4) is 0 Å². The summed E-state index contributed by atoms with van der Waals surface area (Å²) in [5, 5.41) is 0. The molecular formula is C9H12OS. The molecule has 0 unspecified atom stereocenters. The maximum absolute atomic E-state index is 10.4. The smallest absolute Gasteiger partial charge is 0.160 e. The third-order valence-electron chi connectivity index (χ3n) is 1.63. The lowest BCUT2D eigenvalue weighted by molar-refractivity contribution is 0.112. The van der Waals surface area contributed by atoms with Gasteiger partial charge in [-0.1, -0.05) is 13.3 Å². The molecule has 0 saturated heterocycles. The normalized spacial score (nSPS) is 10.0. The molecule has 0 aromatic carbocycles. The predicted octanol–water partition coefficient (Wildman–Crippen LogP) is 2.82. The minimum absolute atomic E-state index is 0.853. The minimum atomic E-state index is 0.853. The van der Waals surface area contributed by atoms with Crippen LogP contribution in [0.1, 0.15) is 33.5 Å². The second-order valence-corrected chi connectivity index (χ2v) is 3.79. The molecule has 1 aromatic rings. The van der Waals surface area contributed by atoms with Crippen LogP contribution >= 0.6 is 11.3 Å². The van der Waals surface area contributed by atoms with Crippen molar-refractivity contribution in [3.05, 3.63) is 21.4 Å². The number of thiophene rings is 1. The standard InChI is InChI=1S/C9H12OS/c1-3-4-9-7(2)5-8(6-10)11-9/h5-6H,3-4H2,1-2H3. The second kappa shape index (κ2) is 3.67. The maximum Gasteiger partial charge on any atom is 0.160 e. The summed E-state index contributed by atoms with van der Waals surface area (Å²) < 4.78 is 0. The van der Waals surface area contributed by atoms with Gasteiger partial charge in [0.05, 0.1) is 4.88 Å². The monoisotopic (exact) mass is 168 g/mol. The summed E-state index contributed by atoms with van der Waals surface area (Å²) in [5.74, 6) is 0. The molecule has 1 nitrogen and oxygen atoms in total. The molecule has 1 aromatic heterocycles. The predicted molar refractivity (Wildman–Crippen MR) is 48.4 cm³/mol. The first-order valence-corrected chi connectivity index (χ1v) is 4.64. The Morgan fingerprint density at radius 2 is 2.36 bits per heavy atom. The number of carbonyl (C=O) groups excluding carboxylic acids is 1. The lowest BCUT2D eigenvalue weighted by Crippen LogP contribution is -1.78. The number of hydrogen-bond acceptors (Lipinski definition) is 2. The van der Waals surface area contributed by atoms with Gasteiger partial charge in [-0.05, 0) is 25.0 Å². The maximum atomic E-state index is 10.4. The Hall–Kier alpha value is -0.630. The summed E-state index contributed by atoms with van der Waals surface area (Å²) in [5.41, 5.74) is 1.26. The van der Waals surface area contributed by atoms with Crippen LogP contribution in [0.5, 0.6) is 0 Å². The van der Waals surface area contributed by atoms with Crippen LogP contribution in [0.4, 0.5) is 0 Å². The Balaban J connectivity index is 2.87. The second-order valence-electron chi connectivity index (χ2n) is 2.62. The van der Waals surface area contributed by atoms with Gasteiger partial charge in [-0.15, -0.1) is 11.3 Å². The van der Waals surface area contributed by atoms with E-state index in [1.807, 2.05) is 6.07 Å². The van der Waals surface area contributed by atoms with Crippen LogP contribution in [0.2, 0.25) is 0 Å². The van der Waals surface area contributed by atoms with E-state index in [9.17, 15) is 4.79 Å². The van der Waals surface area contributed by atoms with Gasteiger partial charge in [-0.25, -0.2) is 0 Å². The molecule has 2 heteroatoms. The Labute approximate surface area is 71.1 Å². The van der Waals surface area contributed by atoms with Gasteiger partial charge in [-0.3, -0.25) is 4.79 Å². The third kappa shape index (κ3) is 1.90. The van der Waals surface area contributed by atoms with Crippen LogP contribution in [-0.4, -0.2) is 6.29 Å². The molecule has 60 valence electrons. The quantitative estimate of drug-likeness (QED) is 0.634. The van der Waals surface area contributed by atoms with E-state index in [-0.39, 0.29) is 0 Å². The highest BCUT2D eigenvalue weighted by Crippen LogP contribution is 2.21. The molecule has 11 heavy (non-hydrogen) atoms. The summed E-state index contributed by atoms with van der Waals surface area (Å²) in [6.07, 6.45) is 3.18. The molecule has 1 heterocycles. The summed E-state index contributed by atoms with van der Waals surface area (Å²) in [6.45, 7) is 4.22. The van der Waals surface area contributed by atoms with Gasteiger partial charge in [0.25, 0.3) is 0 Å². The van der Waals surface area contributed by atoms with Crippen molar-refractivity contribution in [3.63, 3.8) is 0 Å². The van der Waals surface area contributed by atoms with E-state index < -0.39 is 0 Å². The number of aryl methyl sites for hydroxylation is 2. The Kier molecular flexibility index (Phi) is 2.83. The minimum Gasteiger partial charge on any atom is -0.297 e. The third-order valence-corrected chi connectivity index (χ3v) is 2.86. The molecule has 0 radical (unpaired) electrons. The summed E-state index contributed by atoms with van der Waals surface area (Å²) in [7, 11) is 0. The zero-order chi connectivity index (χ0) is 8.27. The van der Waals surface area contributed by atoms with E-state index in [2.05, 4.69) is 13.8 Å². The van der Waals surface area contributed by atoms with E-state index in [4.69, 9.17) is 0 Å². The van der Waals surface area contributed by atoms with Crippen LogP contribution in [0.25, 0.3) is 0 Å². The van der Waals surface area contributed by atoms with Crippen molar-refractivity contribution < 1.29 is 4.79 Å². The highest BCUT2D eigenvalue weighted by atomic mass is 32.1. The van der Waals surface area contributed by atoms with Gasteiger partial charge in [0.1, 0.15) is 0 Å². The molecule has 0 spiro atoms. The Morgan fingerprint density at radius 1 is 1.64 bits per heavy atom. The first kappa shape index (κ1) is 8.47.